The molecule has 0 N–H and O–H groups in total. The van der Waals surface area contributed by atoms with Crippen LogP contribution in [0.2, 0.25) is 0 Å². The minimum atomic E-state index is -0.892. The fourth-order valence-electron chi connectivity index (χ4n) is 2.65. The predicted molar refractivity (Wildman–Crippen MR) is 134 cm³/mol. The van der Waals surface area contributed by atoms with Crippen molar-refractivity contribution in [1.29, 1.82) is 0 Å². The summed E-state index contributed by atoms with van der Waals surface area (Å²) in [5.74, 6) is -1.56. The molecule has 0 aliphatic carbocycles. The van der Waals surface area contributed by atoms with Crippen LogP contribution in [0.4, 0.5) is 0 Å². The first-order valence-electron chi connectivity index (χ1n) is 12.6. The van der Waals surface area contributed by atoms with Gasteiger partial charge in [0.25, 0.3) is 5.78 Å². The molecule has 1 aromatic carbocycles. The van der Waals surface area contributed by atoms with Gasteiger partial charge in [-0.25, -0.2) is 4.79 Å². The monoisotopic (exact) mass is 530 g/mol. The first kappa shape index (κ1) is 33.1. The minimum Gasteiger partial charge on any atom is -0.457 e. The lowest BCUT2D eigenvalue weighted by Gasteiger charge is -2.08. The molecule has 11 heteroatoms. The van der Waals surface area contributed by atoms with Crippen molar-refractivity contribution in [2.75, 3.05) is 112 Å². The van der Waals surface area contributed by atoms with Crippen molar-refractivity contribution in [1.82, 2.24) is 0 Å². The Balaban J connectivity index is 1.71. The van der Waals surface area contributed by atoms with E-state index in [0.717, 1.165) is 0 Å². The highest BCUT2D eigenvalue weighted by Gasteiger charge is 2.17. The average molecular weight is 531 g/mol. The van der Waals surface area contributed by atoms with Gasteiger partial charge in [0.05, 0.1) is 99.1 Å². The number of hydrogen-bond acceptors (Lipinski definition) is 11. The number of Topliss-reactive ketones (excluding diaryl/α,β-unsaturated/α-hetero) is 1. The van der Waals surface area contributed by atoms with Crippen LogP contribution in [-0.4, -0.2) is 124 Å². The molecule has 0 fully saturated rings. The largest absolute Gasteiger partial charge is 0.457 e. The van der Waals surface area contributed by atoms with Crippen molar-refractivity contribution in [3.8, 4) is 0 Å². The van der Waals surface area contributed by atoms with Crippen LogP contribution >= 0.6 is 0 Å². The molecule has 0 aliphatic heterocycles. The molecule has 0 amide bonds. The van der Waals surface area contributed by atoms with Crippen LogP contribution < -0.4 is 0 Å². The third-order valence-corrected chi connectivity index (χ3v) is 4.49. The first-order valence-corrected chi connectivity index (χ1v) is 12.6. The summed E-state index contributed by atoms with van der Waals surface area (Å²) in [5.41, 5.74) is 0.300. The van der Waals surface area contributed by atoms with E-state index < -0.39 is 11.8 Å². The maximum Gasteiger partial charge on any atom is 0.379 e. The van der Waals surface area contributed by atoms with E-state index in [-0.39, 0.29) is 13.2 Å². The molecule has 0 unspecified atom stereocenters. The summed E-state index contributed by atoms with van der Waals surface area (Å²) < 4.78 is 47.8. The molecule has 0 bridgehead atoms. The molecule has 0 spiro atoms. The zero-order valence-electron chi connectivity index (χ0n) is 21.9. The van der Waals surface area contributed by atoms with Crippen LogP contribution in [0.1, 0.15) is 17.3 Å². The Bertz CT molecular complexity index is 657. The topological polar surface area (TPSA) is 117 Å². The number of carbonyl (C=O) groups excluding carboxylic acids is 2. The second kappa shape index (κ2) is 25.7. The summed E-state index contributed by atoms with van der Waals surface area (Å²) >= 11 is 0. The van der Waals surface area contributed by atoms with Gasteiger partial charge < -0.3 is 42.6 Å². The SMILES string of the molecule is CCOCCOCCOCCOCCOCCOCCOCCOCCOC(=O)C(=O)c1ccccc1. The van der Waals surface area contributed by atoms with Gasteiger partial charge in [0.15, 0.2) is 0 Å². The number of ketones is 1. The van der Waals surface area contributed by atoms with Gasteiger partial charge in [-0.2, -0.15) is 0 Å². The fraction of sp³-hybridized carbons (Fsp3) is 0.692. The van der Waals surface area contributed by atoms with Crippen LogP contribution in [0.3, 0.4) is 0 Å². The molecule has 212 valence electrons. The zero-order valence-corrected chi connectivity index (χ0v) is 21.9. The molecule has 0 saturated heterocycles. The smallest absolute Gasteiger partial charge is 0.379 e. The Morgan fingerprint density at radius 2 is 0.811 bits per heavy atom. The van der Waals surface area contributed by atoms with E-state index in [1.165, 1.54) is 0 Å². The van der Waals surface area contributed by atoms with Crippen LogP contribution in [0.5, 0.6) is 0 Å². The van der Waals surface area contributed by atoms with Crippen molar-refractivity contribution >= 4 is 11.8 Å². The lowest BCUT2D eigenvalue weighted by molar-refractivity contribution is -0.139. The minimum absolute atomic E-state index is 0.00448. The van der Waals surface area contributed by atoms with Crippen molar-refractivity contribution in [3.05, 3.63) is 35.9 Å². The summed E-state index contributed by atoms with van der Waals surface area (Å²) in [6.07, 6.45) is 0. The maximum atomic E-state index is 11.8. The summed E-state index contributed by atoms with van der Waals surface area (Å²) in [5, 5.41) is 0. The average Bonchev–Trinajstić information content (AvgIpc) is 2.93. The number of ether oxygens (including phenoxy) is 9. The molecule has 0 atom stereocenters. The van der Waals surface area contributed by atoms with Crippen molar-refractivity contribution < 1.29 is 52.2 Å². The molecule has 37 heavy (non-hydrogen) atoms. The van der Waals surface area contributed by atoms with Gasteiger partial charge in [-0.15, -0.1) is 0 Å². The lowest BCUT2D eigenvalue weighted by atomic mass is 10.1. The second-order valence-electron chi connectivity index (χ2n) is 7.31. The van der Waals surface area contributed by atoms with Gasteiger partial charge in [0.2, 0.25) is 0 Å². The van der Waals surface area contributed by atoms with E-state index in [2.05, 4.69) is 0 Å². The van der Waals surface area contributed by atoms with Crippen molar-refractivity contribution in [3.63, 3.8) is 0 Å². The molecule has 11 nitrogen and oxygen atoms in total. The zero-order chi connectivity index (χ0) is 26.7. The van der Waals surface area contributed by atoms with Crippen LogP contribution in [0.15, 0.2) is 30.3 Å². The highest BCUT2D eigenvalue weighted by molar-refractivity contribution is 6.40. The van der Waals surface area contributed by atoms with Gasteiger partial charge in [-0.3, -0.25) is 4.79 Å². The number of carbonyl (C=O) groups is 2. The number of benzene rings is 1. The summed E-state index contributed by atoms with van der Waals surface area (Å²) in [6.45, 7) is 9.72. The molecule has 0 aromatic heterocycles. The Hall–Kier alpha value is -1.96. The van der Waals surface area contributed by atoms with E-state index in [0.29, 0.717) is 105 Å². The van der Waals surface area contributed by atoms with Gasteiger partial charge in [0, 0.05) is 12.2 Å². The second-order valence-corrected chi connectivity index (χ2v) is 7.31. The number of hydrogen-bond donors (Lipinski definition) is 0. The number of esters is 1. The first-order chi connectivity index (χ1) is 18.3. The Kier molecular flexibility index (Phi) is 23.0. The highest BCUT2D eigenvalue weighted by atomic mass is 16.6. The third kappa shape index (κ3) is 20.7. The Morgan fingerprint density at radius 1 is 0.486 bits per heavy atom. The molecular formula is C26H42O11. The lowest BCUT2D eigenvalue weighted by Crippen LogP contribution is -2.20. The summed E-state index contributed by atoms with van der Waals surface area (Å²) in [6, 6.07) is 8.26. The molecule has 0 radical (unpaired) electrons. The van der Waals surface area contributed by atoms with Gasteiger partial charge in [0.1, 0.15) is 6.61 Å². The standard InChI is InChI=1S/C26H42O11/c1-2-29-8-9-30-10-11-31-12-13-32-14-15-33-16-17-34-18-19-35-20-21-36-22-23-37-26(28)25(27)24-6-4-3-5-7-24/h3-7H,2,8-23H2,1H3. The molecule has 1 aromatic rings. The normalized spacial score (nSPS) is 11.1. The van der Waals surface area contributed by atoms with E-state index in [9.17, 15) is 9.59 Å². The highest BCUT2D eigenvalue weighted by Crippen LogP contribution is 2.01. The summed E-state index contributed by atoms with van der Waals surface area (Å²) in [7, 11) is 0. The predicted octanol–water partition coefficient (Wildman–Crippen LogP) is 1.57. The third-order valence-electron chi connectivity index (χ3n) is 4.49. The van der Waals surface area contributed by atoms with E-state index in [1.807, 2.05) is 6.92 Å². The van der Waals surface area contributed by atoms with E-state index in [1.54, 1.807) is 30.3 Å². The van der Waals surface area contributed by atoms with E-state index >= 15 is 0 Å². The van der Waals surface area contributed by atoms with Crippen LogP contribution in [0.25, 0.3) is 0 Å². The number of rotatable bonds is 27. The maximum absolute atomic E-state index is 11.8. The van der Waals surface area contributed by atoms with Gasteiger partial charge in [-0.1, -0.05) is 30.3 Å². The van der Waals surface area contributed by atoms with Gasteiger partial charge >= 0.3 is 5.97 Å². The quantitative estimate of drug-likeness (QED) is 0.0714. The van der Waals surface area contributed by atoms with Gasteiger partial charge in [-0.05, 0) is 6.92 Å². The van der Waals surface area contributed by atoms with Crippen molar-refractivity contribution in [2.45, 2.75) is 6.92 Å². The molecule has 1 rings (SSSR count). The van der Waals surface area contributed by atoms with E-state index in [4.69, 9.17) is 42.6 Å². The fourth-order valence-corrected chi connectivity index (χ4v) is 2.65. The van der Waals surface area contributed by atoms with Crippen LogP contribution in [-0.2, 0) is 47.4 Å². The Morgan fingerprint density at radius 3 is 1.16 bits per heavy atom. The molecule has 0 heterocycles. The molecular weight excluding hydrogens is 488 g/mol. The van der Waals surface area contributed by atoms with Crippen molar-refractivity contribution in [2.24, 2.45) is 0 Å². The summed E-state index contributed by atoms with van der Waals surface area (Å²) in [4.78, 5) is 23.5. The Labute approximate surface area is 219 Å². The molecule has 0 aliphatic rings. The molecule has 0 saturated carbocycles. The van der Waals surface area contributed by atoms with Crippen LogP contribution in [0, 0.1) is 0 Å².